The Balaban J connectivity index is 2.26. The molecular formula is C12H15O. The number of hydrogen-bond acceptors (Lipinski definition) is 0. The Hall–Kier alpha value is -0.820. The molecule has 0 bridgehead atoms. The quantitative estimate of drug-likeness (QED) is 0.658. The summed E-state index contributed by atoms with van der Waals surface area (Å²) in [5.74, 6) is 0.544. The average molecular weight is 175 g/mol. The minimum absolute atomic E-state index is 0.0685. The molecule has 1 aromatic rings. The summed E-state index contributed by atoms with van der Waals surface area (Å²) in [4.78, 5) is 0. The van der Waals surface area contributed by atoms with Crippen molar-refractivity contribution in [3.05, 3.63) is 35.4 Å². The highest BCUT2D eigenvalue weighted by Gasteiger charge is 2.18. The number of aryl methyl sites for hydroxylation is 1. The summed E-state index contributed by atoms with van der Waals surface area (Å²) in [7, 11) is 0. The van der Waals surface area contributed by atoms with Crippen LogP contribution < -0.4 is 0 Å². The van der Waals surface area contributed by atoms with E-state index in [9.17, 15) is 5.11 Å². The van der Waals surface area contributed by atoms with Gasteiger partial charge in [0, 0.05) is 0 Å². The van der Waals surface area contributed by atoms with E-state index in [4.69, 9.17) is 0 Å². The second-order valence-electron chi connectivity index (χ2n) is 3.78. The fraction of sp³-hybridized carbons (Fsp3) is 0.500. The molecule has 0 saturated heterocycles. The van der Waals surface area contributed by atoms with Crippen LogP contribution in [0.4, 0.5) is 0 Å². The van der Waals surface area contributed by atoms with Crippen LogP contribution in [-0.2, 0) is 11.5 Å². The molecule has 0 N–H and O–H groups in total. The SMILES string of the molecule is [O]CCC1CCCc2ccccc21. The molecule has 2 rings (SSSR count). The molecule has 1 nitrogen and oxygen atoms in total. The first kappa shape index (κ1) is 8.76. The highest BCUT2D eigenvalue weighted by Crippen LogP contribution is 2.33. The molecule has 1 aliphatic rings. The van der Waals surface area contributed by atoms with E-state index < -0.39 is 0 Å². The highest BCUT2D eigenvalue weighted by molar-refractivity contribution is 5.32. The van der Waals surface area contributed by atoms with E-state index in [1.807, 2.05) is 0 Å². The third-order valence-corrected chi connectivity index (χ3v) is 2.96. The molecule has 1 heteroatoms. The maximum Gasteiger partial charge on any atom is 0.0828 e. The Morgan fingerprint density at radius 1 is 1.31 bits per heavy atom. The Kier molecular flexibility index (Phi) is 2.65. The van der Waals surface area contributed by atoms with Crippen molar-refractivity contribution in [3.63, 3.8) is 0 Å². The van der Waals surface area contributed by atoms with Gasteiger partial charge >= 0.3 is 0 Å². The molecule has 1 atom stereocenters. The van der Waals surface area contributed by atoms with Crippen LogP contribution in [-0.4, -0.2) is 6.61 Å². The third-order valence-electron chi connectivity index (χ3n) is 2.96. The molecule has 1 aliphatic carbocycles. The first-order valence-electron chi connectivity index (χ1n) is 5.07. The maximum atomic E-state index is 10.6. The number of benzene rings is 1. The first-order chi connectivity index (χ1) is 6.42. The van der Waals surface area contributed by atoms with Crippen molar-refractivity contribution in [2.75, 3.05) is 6.61 Å². The molecule has 1 unspecified atom stereocenters. The normalized spacial score (nSPS) is 21.2. The van der Waals surface area contributed by atoms with E-state index in [1.165, 1.54) is 30.4 Å². The maximum absolute atomic E-state index is 10.6. The molecule has 0 amide bonds. The molecule has 13 heavy (non-hydrogen) atoms. The molecule has 1 aromatic carbocycles. The van der Waals surface area contributed by atoms with Crippen molar-refractivity contribution in [2.45, 2.75) is 31.6 Å². The smallest absolute Gasteiger partial charge is 0.0828 e. The fourth-order valence-corrected chi connectivity index (χ4v) is 2.30. The standard InChI is InChI=1S/C12H15O/c13-9-8-11-6-3-5-10-4-1-2-7-12(10)11/h1-2,4,7,11H,3,5-6,8-9H2. The lowest BCUT2D eigenvalue weighted by atomic mass is 9.81. The molecule has 0 aromatic heterocycles. The zero-order valence-electron chi connectivity index (χ0n) is 7.83. The lowest BCUT2D eigenvalue weighted by Gasteiger charge is -2.24. The van der Waals surface area contributed by atoms with Crippen molar-refractivity contribution in [3.8, 4) is 0 Å². The Morgan fingerprint density at radius 2 is 2.15 bits per heavy atom. The summed E-state index contributed by atoms with van der Waals surface area (Å²) in [6.07, 6.45) is 4.48. The van der Waals surface area contributed by atoms with Gasteiger partial charge in [0.05, 0.1) is 6.61 Å². The van der Waals surface area contributed by atoms with Crippen LogP contribution in [0.25, 0.3) is 0 Å². The number of fused-ring (bicyclic) bond motifs is 1. The van der Waals surface area contributed by atoms with Gasteiger partial charge in [-0.25, -0.2) is 5.11 Å². The Morgan fingerprint density at radius 3 is 3.00 bits per heavy atom. The van der Waals surface area contributed by atoms with Crippen molar-refractivity contribution in [2.24, 2.45) is 0 Å². The van der Waals surface area contributed by atoms with Crippen LogP contribution in [0.1, 0.15) is 36.3 Å². The zero-order chi connectivity index (χ0) is 9.10. The van der Waals surface area contributed by atoms with Crippen molar-refractivity contribution in [1.29, 1.82) is 0 Å². The molecular weight excluding hydrogens is 160 g/mol. The highest BCUT2D eigenvalue weighted by atomic mass is 16.3. The minimum atomic E-state index is 0.0685. The molecule has 1 radical (unpaired) electrons. The Labute approximate surface area is 79.4 Å². The first-order valence-corrected chi connectivity index (χ1v) is 5.07. The average Bonchev–Trinajstić information content (AvgIpc) is 2.19. The lowest BCUT2D eigenvalue weighted by Crippen LogP contribution is -2.10. The van der Waals surface area contributed by atoms with Gasteiger partial charge in [-0.2, -0.15) is 0 Å². The monoisotopic (exact) mass is 175 g/mol. The van der Waals surface area contributed by atoms with Gasteiger partial charge in [-0.15, -0.1) is 0 Å². The van der Waals surface area contributed by atoms with Gasteiger partial charge in [0.1, 0.15) is 0 Å². The number of hydrogen-bond donors (Lipinski definition) is 0. The summed E-state index contributed by atoms with van der Waals surface area (Å²) in [6, 6.07) is 8.57. The topological polar surface area (TPSA) is 19.9 Å². The summed E-state index contributed by atoms with van der Waals surface area (Å²) in [5.41, 5.74) is 2.90. The van der Waals surface area contributed by atoms with E-state index in [-0.39, 0.29) is 6.61 Å². The molecule has 0 aliphatic heterocycles. The second kappa shape index (κ2) is 3.93. The molecule has 0 spiro atoms. The van der Waals surface area contributed by atoms with Crippen LogP contribution in [0, 0.1) is 0 Å². The Bertz CT molecular complexity index is 280. The van der Waals surface area contributed by atoms with Crippen LogP contribution in [0.5, 0.6) is 0 Å². The predicted molar refractivity (Wildman–Crippen MR) is 52.3 cm³/mol. The molecule has 0 heterocycles. The number of rotatable bonds is 2. The van der Waals surface area contributed by atoms with Crippen molar-refractivity contribution >= 4 is 0 Å². The molecule has 0 fully saturated rings. The summed E-state index contributed by atoms with van der Waals surface area (Å²) in [6.45, 7) is 0.0685. The summed E-state index contributed by atoms with van der Waals surface area (Å²) >= 11 is 0. The van der Waals surface area contributed by atoms with Crippen LogP contribution in [0.15, 0.2) is 24.3 Å². The van der Waals surface area contributed by atoms with E-state index in [0.717, 1.165) is 6.42 Å². The fourth-order valence-electron chi connectivity index (χ4n) is 2.30. The van der Waals surface area contributed by atoms with Gasteiger partial charge in [0.15, 0.2) is 0 Å². The molecule has 0 saturated carbocycles. The van der Waals surface area contributed by atoms with Gasteiger partial charge in [-0.1, -0.05) is 24.3 Å². The van der Waals surface area contributed by atoms with Crippen molar-refractivity contribution < 1.29 is 5.11 Å². The minimum Gasteiger partial charge on any atom is -0.237 e. The van der Waals surface area contributed by atoms with Crippen LogP contribution in [0.2, 0.25) is 0 Å². The zero-order valence-corrected chi connectivity index (χ0v) is 7.83. The lowest BCUT2D eigenvalue weighted by molar-refractivity contribution is 0.178. The van der Waals surface area contributed by atoms with Crippen molar-refractivity contribution in [1.82, 2.24) is 0 Å². The van der Waals surface area contributed by atoms with Gasteiger partial charge < -0.3 is 0 Å². The largest absolute Gasteiger partial charge is 0.237 e. The van der Waals surface area contributed by atoms with Gasteiger partial charge in [0.25, 0.3) is 0 Å². The summed E-state index contributed by atoms with van der Waals surface area (Å²) < 4.78 is 0. The van der Waals surface area contributed by atoms with Gasteiger partial charge in [0.2, 0.25) is 0 Å². The predicted octanol–water partition coefficient (Wildman–Crippen LogP) is 2.93. The second-order valence-corrected chi connectivity index (χ2v) is 3.78. The van der Waals surface area contributed by atoms with Crippen LogP contribution in [0.3, 0.4) is 0 Å². The molecule has 69 valence electrons. The van der Waals surface area contributed by atoms with E-state index in [0.29, 0.717) is 5.92 Å². The van der Waals surface area contributed by atoms with Gasteiger partial charge in [-0.05, 0) is 42.7 Å². The van der Waals surface area contributed by atoms with E-state index in [1.54, 1.807) is 0 Å². The van der Waals surface area contributed by atoms with E-state index in [2.05, 4.69) is 24.3 Å². The third kappa shape index (κ3) is 1.75. The van der Waals surface area contributed by atoms with Crippen LogP contribution >= 0.6 is 0 Å². The van der Waals surface area contributed by atoms with E-state index >= 15 is 0 Å². The summed E-state index contributed by atoms with van der Waals surface area (Å²) in [5, 5.41) is 10.6. The van der Waals surface area contributed by atoms with Gasteiger partial charge in [-0.3, -0.25) is 0 Å².